The smallest absolute Gasteiger partial charge is 0.407 e. The Labute approximate surface area is 351 Å². The van der Waals surface area contributed by atoms with Crippen molar-refractivity contribution < 1.29 is 28.7 Å². The number of rotatable bonds is 9. The van der Waals surface area contributed by atoms with Gasteiger partial charge in [-0.25, -0.2) is 19.6 Å². The van der Waals surface area contributed by atoms with Crippen LogP contribution in [0.1, 0.15) is 59.3 Å². The first-order chi connectivity index (χ1) is 29.8. The van der Waals surface area contributed by atoms with Crippen molar-refractivity contribution in [2.75, 3.05) is 25.7 Å². The van der Waals surface area contributed by atoms with Gasteiger partial charge in [0.15, 0.2) is 0 Å². The normalized spacial score (nSPS) is 21.5. The van der Waals surface area contributed by atoms with Crippen LogP contribution in [-0.4, -0.2) is 75.6 Å². The topological polar surface area (TPSA) is 175 Å². The van der Waals surface area contributed by atoms with E-state index in [-0.39, 0.29) is 23.9 Å². The number of carbonyl (C=O) groups is 4. The predicted molar refractivity (Wildman–Crippen MR) is 226 cm³/mol. The summed E-state index contributed by atoms with van der Waals surface area (Å²) in [6.07, 6.45) is 5.13. The van der Waals surface area contributed by atoms with Crippen molar-refractivity contribution in [3.8, 4) is 33.6 Å². The molecule has 4 N–H and O–H groups in total. The highest BCUT2D eigenvalue weighted by Crippen LogP contribution is 2.56. The van der Waals surface area contributed by atoms with Crippen molar-refractivity contribution in [3.63, 3.8) is 0 Å². The summed E-state index contributed by atoms with van der Waals surface area (Å²) >= 11 is 0. The number of nitrogens with one attached hydrogen (secondary N) is 4. The molecular weight excluding hydrogens is 773 g/mol. The number of nitrogens with zero attached hydrogens (tertiary/aromatic N) is 4. The van der Waals surface area contributed by atoms with Crippen molar-refractivity contribution in [2.45, 2.75) is 49.9 Å². The summed E-state index contributed by atoms with van der Waals surface area (Å²) in [5.74, 6) is 1.77. The number of carbonyl (C=O) groups excluding carboxylic acids is 4. The second-order valence-corrected chi connectivity index (χ2v) is 16.2. The van der Waals surface area contributed by atoms with Crippen molar-refractivity contribution >= 4 is 29.7 Å². The number of hydrogen-bond acceptors (Lipinski definition) is 8. The summed E-state index contributed by atoms with van der Waals surface area (Å²) in [7, 11) is 2.58. The van der Waals surface area contributed by atoms with Gasteiger partial charge in [0.25, 0.3) is 5.91 Å². The van der Waals surface area contributed by atoms with E-state index in [2.05, 4.69) is 75.2 Å². The van der Waals surface area contributed by atoms with Gasteiger partial charge < -0.3 is 35.0 Å². The van der Waals surface area contributed by atoms with Gasteiger partial charge in [-0.2, -0.15) is 0 Å². The van der Waals surface area contributed by atoms with E-state index in [9.17, 15) is 19.2 Å². The Bertz CT molecular complexity index is 2640. The van der Waals surface area contributed by atoms with Gasteiger partial charge in [-0.15, -0.1) is 0 Å². The van der Waals surface area contributed by atoms with Crippen LogP contribution in [0.4, 0.5) is 15.3 Å². The van der Waals surface area contributed by atoms with Gasteiger partial charge in [0.05, 0.1) is 55.8 Å². The molecule has 4 aromatic carbocycles. The second kappa shape index (κ2) is 15.4. The second-order valence-electron chi connectivity index (χ2n) is 16.2. The molecule has 61 heavy (non-hydrogen) atoms. The molecule has 4 amide bonds. The van der Waals surface area contributed by atoms with E-state index in [0.717, 1.165) is 62.7 Å². The molecule has 10 rings (SSSR count). The van der Waals surface area contributed by atoms with E-state index in [1.54, 1.807) is 11.1 Å². The van der Waals surface area contributed by atoms with Crippen LogP contribution in [0.2, 0.25) is 0 Å². The van der Waals surface area contributed by atoms with E-state index in [0.29, 0.717) is 49.0 Å². The maximum absolute atomic E-state index is 14.1. The third-order valence-electron chi connectivity index (χ3n) is 12.7. The maximum atomic E-state index is 14.1. The highest BCUT2D eigenvalue weighted by Gasteiger charge is 2.56. The summed E-state index contributed by atoms with van der Waals surface area (Å²) in [6, 6.07) is 29.8. The molecule has 1 saturated heterocycles. The monoisotopic (exact) mass is 816 g/mol. The zero-order chi connectivity index (χ0) is 41.8. The minimum Gasteiger partial charge on any atom is -0.453 e. The Kier molecular flexibility index (Phi) is 9.61. The number of para-hydroxylation sites is 1. The number of methoxy groups -OCH3 is 2. The molecule has 6 aromatic rings. The first kappa shape index (κ1) is 38.0. The van der Waals surface area contributed by atoms with Crippen LogP contribution in [0, 0.1) is 11.8 Å². The zero-order valence-electron chi connectivity index (χ0n) is 33.6. The number of piperidine rings is 1. The number of likely N-dealkylation sites (tertiary alicyclic amines) is 1. The molecule has 1 saturated carbocycles. The van der Waals surface area contributed by atoms with Gasteiger partial charge in [0.1, 0.15) is 23.7 Å². The van der Waals surface area contributed by atoms with Crippen LogP contribution >= 0.6 is 0 Å². The number of amides is 4. The number of anilines is 1. The minimum atomic E-state index is -0.875. The SMILES string of the molecule is COC(=O)N[C@H]1CCc2cccc3c2N(C1=O)[C@H](c1ncc(-c2ccc(-c4ccc(-c5cnc([C@@H]6C7CC7CN6C(=O)[C@H](NC(=O)OC)c6ccccc6)[nH]5)cc4)cc2)[nH]1)C3. The summed E-state index contributed by atoms with van der Waals surface area (Å²) in [5.41, 5.74) is 9.50. The lowest BCUT2D eigenvalue weighted by atomic mass is 10.0. The van der Waals surface area contributed by atoms with Gasteiger partial charge in [0, 0.05) is 13.0 Å². The van der Waals surface area contributed by atoms with Gasteiger partial charge in [0.2, 0.25) is 5.91 Å². The van der Waals surface area contributed by atoms with Gasteiger partial charge in [-0.05, 0) is 70.0 Å². The van der Waals surface area contributed by atoms with Crippen LogP contribution in [0.15, 0.2) is 109 Å². The summed E-state index contributed by atoms with van der Waals surface area (Å²) in [6.45, 7) is 0.610. The summed E-state index contributed by atoms with van der Waals surface area (Å²) in [4.78, 5) is 72.7. The molecule has 3 aliphatic heterocycles. The summed E-state index contributed by atoms with van der Waals surface area (Å²) in [5, 5.41) is 5.48. The molecule has 14 heteroatoms. The van der Waals surface area contributed by atoms with E-state index < -0.39 is 24.3 Å². The molecule has 2 unspecified atom stereocenters. The average molecular weight is 817 g/mol. The third-order valence-corrected chi connectivity index (χ3v) is 12.7. The number of benzene rings is 4. The maximum Gasteiger partial charge on any atom is 0.407 e. The summed E-state index contributed by atoms with van der Waals surface area (Å²) < 4.78 is 9.68. The number of ether oxygens (including phenoxy) is 2. The lowest BCUT2D eigenvalue weighted by Crippen LogP contribution is -2.48. The lowest BCUT2D eigenvalue weighted by molar-refractivity contribution is -0.135. The van der Waals surface area contributed by atoms with Gasteiger partial charge >= 0.3 is 12.2 Å². The van der Waals surface area contributed by atoms with Crippen LogP contribution < -0.4 is 15.5 Å². The van der Waals surface area contributed by atoms with Crippen LogP contribution in [0.3, 0.4) is 0 Å². The zero-order valence-corrected chi connectivity index (χ0v) is 33.6. The molecule has 0 radical (unpaired) electrons. The molecule has 1 aliphatic carbocycles. The molecule has 5 heterocycles. The quantitative estimate of drug-likeness (QED) is 0.120. The van der Waals surface area contributed by atoms with Gasteiger partial charge in [-0.1, -0.05) is 97.1 Å². The molecular formula is C47H44N8O6. The fraction of sp³-hybridized carbons (Fsp3) is 0.277. The predicted octanol–water partition coefficient (Wildman–Crippen LogP) is 7.05. The Morgan fingerprint density at radius 1 is 0.754 bits per heavy atom. The van der Waals surface area contributed by atoms with Crippen LogP contribution in [-0.2, 0) is 31.9 Å². The largest absolute Gasteiger partial charge is 0.453 e. The molecule has 0 bridgehead atoms. The Morgan fingerprint density at radius 3 is 2.05 bits per heavy atom. The first-order valence-electron chi connectivity index (χ1n) is 20.6. The molecule has 308 valence electrons. The van der Waals surface area contributed by atoms with Crippen molar-refractivity contribution in [1.29, 1.82) is 0 Å². The molecule has 14 nitrogen and oxygen atoms in total. The number of aromatic amines is 2. The Morgan fingerprint density at radius 2 is 1.38 bits per heavy atom. The van der Waals surface area contributed by atoms with Gasteiger partial charge in [-0.3, -0.25) is 14.5 Å². The highest BCUT2D eigenvalue weighted by atomic mass is 16.5. The van der Waals surface area contributed by atoms with E-state index in [4.69, 9.17) is 19.4 Å². The van der Waals surface area contributed by atoms with E-state index in [1.807, 2.05) is 53.6 Å². The van der Waals surface area contributed by atoms with Crippen molar-refractivity contribution in [1.82, 2.24) is 35.5 Å². The number of aryl methyl sites for hydroxylation is 1. The molecule has 2 aromatic heterocycles. The standard InChI is InChI=1S/C47H44N8O6/c1-60-46(58)52-35-20-19-31-9-6-10-32-22-38(55(40(31)32)44(35)56)42-48-23-36(50-42)28-15-11-26(12-16-28)27-13-17-29(18-14-27)37-24-49-43(51-37)41-34-21-33(34)25-54(41)45(57)39(53-47(59)61-2)30-7-4-3-5-8-30/h3-18,23-24,33-35,38-39,41H,19-22,25H2,1-2H3,(H,48,50)(H,49,51)(H,52,58)(H,53,59)/t33?,34?,35-,38-,39+,41-/m0/s1. The lowest BCUT2D eigenvalue weighted by Gasteiger charge is -2.30. The highest BCUT2D eigenvalue weighted by molar-refractivity contribution is 6.02. The molecule has 2 fully saturated rings. The average Bonchev–Trinajstić information content (AvgIpc) is 3.74. The molecule has 6 atom stereocenters. The first-order valence-corrected chi connectivity index (χ1v) is 20.6. The van der Waals surface area contributed by atoms with E-state index >= 15 is 0 Å². The number of aromatic nitrogens is 4. The van der Waals surface area contributed by atoms with Crippen LogP contribution in [0.5, 0.6) is 0 Å². The number of imidazole rings is 2. The van der Waals surface area contributed by atoms with E-state index in [1.165, 1.54) is 14.2 Å². The third kappa shape index (κ3) is 6.97. The minimum absolute atomic E-state index is 0.173. The fourth-order valence-electron chi connectivity index (χ4n) is 9.47. The Balaban J connectivity index is 0.833. The Hall–Kier alpha value is -7.22. The number of fused-ring (bicyclic) bond motifs is 1. The van der Waals surface area contributed by atoms with Crippen molar-refractivity contribution in [2.24, 2.45) is 11.8 Å². The molecule has 4 aliphatic rings. The number of hydrogen-bond donors (Lipinski definition) is 4. The molecule has 0 spiro atoms. The number of alkyl carbamates (subject to hydrolysis) is 2. The van der Waals surface area contributed by atoms with Crippen molar-refractivity contribution in [3.05, 3.63) is 138 Å². The number of H-pyrrole nitrogens is 2. The fourth-order valence-corrected chi connectivity index (χ4v) is 9.47. The van der Waals surface area contributed by atoms with Crippen LogP contribution in [0.25, 0.3) is 33.6 Å².